The maximum atomic E-state index is 6.95. The van der Waals surface area contributed by atoms with Gasteiger partial charge in [-0.25, -0.2) is 0 Å². The zero-order valence-electron chi connectivity index (χ0n) is 40.9. The van der Waals surface area contributed by atoms with Gasteiger partial charge in [0, 0.05) is 87.4 Å². The molecule has 8 aromatic carbocycles. The summed E-state index contributed by atoms with van der Waals surface area (Å²) in [6.45, 7) is 21.0. The summed E-state index contributed by atoms with van der Waals surface area (Å²) in [6, 6.07) is 51.9. The molecule has 4 nitrogen and oxygen atoms in total. The molecule has 3 aliphatic rings. The largest absolute Gasteiger partial charge is 0.456 e. The van der Waals surface area contributed by atoms with Crippen molar-refractivity contribution in [2.24, 2.45) is 0 Å². The van der Waals surface area contributed by atoms with Gasteiger partial charge < -0.3 is 19.0 Å². The number of nitrogens with zero attached hydrogens (tertiary/aromatic N) is 1. The predicted octanol–water partition coefficient (Wildman–Crippen LogP) is 16.3. The Morgan fingerprint density at radius 3 is 2.16 bits per heavy atom. The molecule has 3 aromatic heterocycles. The van der Waals surface area contributed by atoms with Crippen LogP contribution < -0.4 is 21.0 Å². The van der Waals surface area contributed by atoms with Crippen LogP contribution in [0.15, 0.2) is 157 Å². The number of rotatable bonds is 4. The fourth-order valence-corrected chi connectivity index (χ4v) is 13.2. The van der Waals surface area contributed by atoms with Gasteiger partial charge in [-0.1, -0.05) is 139 Å². The van der Waals surface area contributed by atoms with Crippen molar-refractivity contribution in [1.29, 1.82) is 0 Å². The zero-order chi connectivity index (χ0) is 47.6. The molecule has 0 unspecified atom stereocenters. The lowest BCUT2D eigenvalue weighted by Crippen LogP contribution is -2.37. The highest BCUT2D eigenvalue weighted by molar-refractivity contribution is 7.25. The van der Waals surface area contributed by atoms with Crippen molar-refractivity contribution in [3.8, 4) is 22.6 Å². The Bertz CT molecular complexity index is 4140. The number of anilines is 2. The van der Waals surface area contributed by atoms with Crippen LogP contribution in [0.1, 0.15) is 89.1 Å². The number of aromatic nitrogens is 1. The van der Waals surface area contributed by atoms with Gasteiger partial charge in [-0.2, -0.15) is 0 Å². The van der Waals surface area contributed by atoms with Gasteiger partial charge in [0.1, 0.15) is 22.7 Å². The first-order chi connectivity index (χ1) is 33.7. The Morgan fingerprint density at radius 2 is 1.37 bits per heavy atom. The van der Waals surface area contributed by atoms with E-state index in [2.05, 4.69) is 204 Å². The molecule has 0 radical (unpaired) electrons. The first-order valence-electron chi connectivity index (χ1n) is 24.8. The van der Waals surface area contributed by atoms with Gasteiger partial charge in [0.15, 0.2) is 7.28 Å². The van der Waals surface area contributed by atoms with E-state index in [1.807, 2.05) is 17.4 Å². The third kappa shape index (κ3) is 6.15. The van der Waals surface area contributed by atoms with Gasteiger partial charge in [-0.15, -0.1) is 11.3 Å². The third-order valence-electron chi connectivity index (χ3n) is 16.2. The lowest BCUT2D eigenvalue weighted by molar-refractivity contribution is 0.332. The highest BCUT2D eigenvalue weighted by Gasteiger charge is 2.38. The molecule has 340 valence electrons. The zero-order valence-corrected chi connectivity index (χ0v) is 41.7. The quantitative estimate of drug-likeness (QED) is 0.179. The topological polar surface area (TPSA) is 39.3 Å². The van der Waals surface area contributed by atoms with Crippen molar-refractivity contribution in [3.63, 3.8) is 0 Å². The fourth-order valence-electron chi connectivity index (χ4n) is 12.1. The van der Waals surface area contributed by atoms with E-state index in [0.717, 1.165) is 87.5 Å². The monoisotopic (exact) mass is 924 g/mol. The van der Waals surface area contributed by atoms with E-state index < -0.39 is 0 Å². The summed E-state index contributed by atoms with van der Waals surface area (Å²) in [4.78, 5) is 0. The van der Waals surface area contributed by atoms with Crippen LogP contribution in [0.2, 0.25) is 0 Å². The Hall–Kier alpha value is -7.28. The minimum absolute atomic E-state index is 0.0480. The summed E-state index contributed by atoms with van der Waals surface area (Å²) in [7, 11) is 0.742. The van der Waals surface area contributed by atoms with E-state index in [0.29, 0.717) is 0 Å². The van der Waals surface area contributed by atoms with Gasteiger partial charge in [0.2, 0.25) is 0 Å². The van der Waals surface area contributed by atoms with E-state index in [1.54, 1.807) is 0 Å². The van der Waals surface area contributed by atoms with Crippen LogP contribution >= 0.6 is 11.3 Å². The number of allylic oxidation sites excluding steroid dienone is 2. The summed E-state index contributed by atoms with van der Waals surface area (Å²) in [5.74, 6) is 1.64. The molecule has 0 saturated carbocycles. The number of nitrogens with one attached hydrogen (secondary N) is 1. The van der Waals surface area contributed by atoms with Gasteiger partial charge in [0.25, 0.3) is 0 Å². The second kappa shape index (κ2) is 14.4. The standard InChI is InChI=1S/C64H53BN2O2S/c1-35-26-54(36-14-10-9-11-15-36)68-57-34-53-50(29-42(35)57)65-60-40(22-23-41-44-31-59-47(30-52(44)67(53)61(41)60)39-16-12-13-17-58(39)70-59)43-27-45-46-28-48-49(64(7,8)25-24-63(48,5)6)32-55(46)69-56(45)33-51(43)66-38-20-18-37(19-21-38)62(2,3)4/h9-23,26-34,65-66H,1,24-25H2,2-8H3. The summed E-state index contributed by atoms with van der Waals surface area (Å²) in [5.41, 5.74) is 19.7. The molecule has 6 heteroatoms. The average Bonchev–Trinajstić information content (AvgIpc) is 4.00. The van der Waals surface area contributed by atoms with E-state index in [1.165, 1.54) is 80.5 Å². The van der Waals surface area contributed by atoms with E-state index in [4.69, 9.17) is 9.15 Å². The molecule has 5 heterocycles. The van der Waals surface area contributed by atoms with Crippen LogP contribution in [0.25, 0.3) is 92.1 Å². The van der Waals surface area contributed by atoms with E-state index in [9.17, 15) is 0 Å². The van der Waals surface area contributed by atoms with Crippen molar-refractivity contribution in [2.45, 2.75) is 77.6 Å². The molecule has 70 heavy (non-hydrogen) atoms. The molecule has 11 aromatic rings. The van der Waals surface area contributed by atoms with Crippen molar-refractivity contribution in [3.05, 3.63) is 180 Å². The SMILES string of the molecule is C=C1C=C(c2ccccc2)Oc2cc3c(cc21)Bc1c(-c2cc4c(cc2Nc2ccc(C(C)(C)C)cc2)oc2cc5c(cc24)C(C)(C)CCC5(C)C)ccc2c4cc5sc6ccccc6c5cc4n-3c12. The van der Waals surface area contributed by atoms with Crippen LogP contribution in [-0.4, -0.2) is 11.8 Å². The lowest BCUT2D eigenvalue weighted by atomic mass is 9.58. The minimum Gasteiger partial charge on any atom is -0.456 e. The second-order valence-electron chi connectivity index (χ2n) is 22.6. The minimum atomic E-state index is 0.0480. The number of hydrogen-bond acceptors (Lipinski definition) is 4. The first kappa shape index (κ1) is 41.7. The van der Waals surface area contributed by atoms with Crippen LogP contribution in [0.4, 0.5) is 11.4 Å². The van der Waals surface area contributed by atoms with Crippen molar-refractivity contribution in [2.75, 3.05) is 5.32 Å². The molecule has 0 bridgehead atoms. The fraction of sp³-hybridized carbons (Fsp3) is 0.188. The lowest BCUT2D eigenvalue weighted by Gasteiger charge is -2.41. The number of ether oxygens (including phenoxy) is 1. The average molecular weight is 925 g/mol. The number of thiophene rings is 1. The molecule has 0 spiro atoms. The summed E-state index contributed by atoms with van der Waals surface area (Å²) < 4.78 is 18.9. The molecule has 1 N–H and O–H groups in total. The second-order valence-corrected chi connectivity index (χ2v) is 23.6. The Morgan fingerprint density at radius 1 is 0.643 bits per heavy atom. The Balaban J connectivity index is 1.04. The predicted molar refractivity (Wildman–Crippen MR) is 301 cm³/mol. The number of fused-ring (bicyclic) bond motifs is 13. The molecule has 0 amide bonds. The van der Waals surface area contributed by atoms with Crippen molar-refractivity contribution >= 4 is 116 Å². The molecular weight excluding hydrogens is 872 g/mol. The molecular formula is C64H53BN2O2S. The van der Waals surface area contributed by atoms with E-state index in [-0.39, 0.29) is 16.2 Å². The summed E-state index contributed by atoms with van der Waals surface area (Å²) >= 11 is 1.88. The van der Waals surface area contributed by atoms with Gasteiger partial charge >= 0.3 is 0 Å². The summed E-state index contributed by atoms with van der Waals surface area (Å²) in [5, 5.41) is 11.4. The number of benzene rings is 8. The normalized spacial score (nSPS) is 15.8. The molecule has 1 aliphatic carbocycles. The van der Waals surface area contributed by atoms with Crippen molar-refractivity contribution in [1.82, 2.24) is 4.57 Å². The number of hydrogen-bond donors (Lipinski definition) is 1. The third-order valence-corrected chi connectivity index (χ3v) is 17.3. The van der Waals surface area contributed by atoms with Gasteiger partial charge in [-0.3, -0.25) is 0 Å². The van der Waals surface area contributed by atoms with Crippen LogP contribution in [0, 0.1) is 0 Å². The van der Waals surface area contributed by atoms with Crippen LogP contribution in [-0.2, 0) is 16.2 Å². The molecule has 0 fully saturated rings. The Labute approximate surface area is 413 Å². The Kier molecular flexibility index (Phi) is 8.57. The van der Waals surface area contributed by atoms with Gasteiger partial charge in [-0.05, 0) is 117 Å². The molecule has 0 atom stereocenters. The maximum Gasteiger partial charge on any atom is 0.198 e. The van der Waals surface area contributed by atoms with Gasteiger partial charge in [0.05, 0.1) is 11.2 Å². The molecule has 2 aliphatic heterocycles. The van der Waals surface area contributed by atoms with E-state index >= 15 is 0 Å². The highest BCUT2D eigenvalue weighted by Crippen LogP contribution is 2.50. The van der Waals surface area contributed by atoms with Crippen LogP contribution in [0.5, 0.6) is 5.75 Å². The first-order valence-corrected chi connectivity index (χ1v) is 25.6. The van der Waals surface area contributed by atoms with Crippen molar-refractivity contribution < 1.29 is 9.15 Å². The molecule has 14 rings (SSSR count). The summed E-state index contributed by atoms with van der Waals surface area (Å²) in [6.07, 6.45) is 4.39. The van der Waals surface area contributed by atoms with Crippen LogP contribution in [0.3, 0.4) is 0 Å². The number of furan rings is 1. The maximum absolute atomic E-state index is 6.95. The molecule has 0 saturated heterocycles. The smallest absolute Gasteiger partial charge is 0.198 e. The highest BCUT2D eigenvalue weighted by atomic mass is 32.1.